The molecule has 0 spiro atoms. The molecule has 1 aliphatic heterocycles. The largest absolute Gasteiger partial charge is 0.356 e. The fraction of sp³-hybridized carbons (Fsp3) is 0.583. The molecule has 0 atom stereocenters. The molecule has 1 aliphatic rings. The first kappa shape index (κ1) is 13.4. The predicted molar refractivity (Wildman–Crippen MR) is 60.5 cm³/mol. The van der Waals surface area contributed by atoms with Crippen molar-refractivity contribution in [3.63, 3.8) is 0 Å². The van der Waals surface area contributed by atoms with Gasteiger partial charge in [0.15, 0.2) is 0 Å². The number of nitrogens with zero attached hydrogens (tertiary/aromatic N) is 1. The van der Waals surface area contributed by atoms with Gasteiger partial charge in [0.1, 0.15) is 0 Å². The fourth-order valence-corrected chi connectivity index (χ4v) is 1.47. The van der Waals surface area contributed by atoms with Crippen LogP contribution in [0.2, 0.25) is 0 Å². The quantitative estimate of drug-likeness (QED) is 0.402. The van der Waals surface area contributed by atoms with Crippen LogP contribution in [0.3, 0.4) is 0 Å². The van der Waals surface area contributed by atoms with Crippen LogP contribution in [-0.2, 0) is 19.2 Å². The molecule has 94 valence electrons. The number of hydroxylamine groups is 2. The Morgan fingerprint density at radius 2 is 1.94 bits per heavy atom. The molecule has 0 aromatic carbocycles. The molecule has 0 bridgehead atoms. The van der Waals surface area contributed by atoms with E-state index in [9.17, 15) is 14.4 Å². The summed E-state index contributed by atoms with van der Waals surface area (Å²) in [5, 5.41) is 0.554. The van der Waals surface area contributed by atoms with Crippen molar-refractivity contribution in [3.8, 4) is 0 Å². The second-order valence-corrected chi connectivity index (χ2v) is 3.89. The molecule has 1 rings (SSSR count). The van der Waals surface area contributed by atoms with E-state index in [1.165, 1.54) is 6.08 Å². The lowest BCUT2D eigenvalue weighted by atomic mass is 10.2. The molecular formula is C12H17NO4. The fourth-order valence-electron chi connectivity index (χ4n) is 1.47. The molecule has 5 heteroatoms. The van der Waals surface area contributed by atoms with Crippen molar-refractivity contribution in [3.05, 3.63) is 12.2 Å². The van der Waals surface area contributed by atoms with Crippen molar-refractivity contribution in [2.45, 2.75) is 45.4 Å². The van der Waals surface area contributed by atoms with Crippen molar-refractivity contribution >= 4 is 17.8 Å². The summed E-state index contributed by atoms with van der Waals surface area (Å²) >= 11 is 0. The lowest BCUT2D eigenvalue weighted by Gasteiger charge is -2.10. The molecular weight excluding hydrogens is 222 g/mol. The molecule has 1 saturated heterocycles. The molecule has 5 nitrogen and oxygen atoms in total. The van der Waals surface area contributed by atoms with Gasteiger partial charge in [-0.1, -0.05) is 25.8 Å². The Kier molecular flexibility index (Phi) is 5.39. The minimum absolute atomic E-state index is 0.117. The maximum Gasteiger partial charge on any atom is 0.356 e. The van der Waals surface area contributed by atoms with E-state index in [0.717, 1.165) is 25.7 Å². The standard InChI is InChI=1S/C12H17NO4/c1-2-3-4-5-6-7-12(16)17-13-10(14)8-9-11(13)15/h6-7H,2-5,8-9H2,1H3. The topological polar surface area (TPSA) is 63.7 Å². The van der Waals surface area contributed by atoms with Crippen molar-refractivity contribution in [1.82, 2.24) is 5.06 Å². The van der Waals surface area contributed by atoms with E-state index in [2.05, 4.69) is 11.8 Å². The molecule has 0 aliphatic carbocycles. The van der Waals surface area contributed by atoms with E-state index in [-0.39, 0.29) is 12.8 Å². The van der Waals surface area contributed by atoms with E-state index in [4.69, 9.17) is 0 Å². The Morgan fingerprint density at radius 1 is 1.29 bits per heavy atom. The van der Waals surface area contributed by atoms with Gasteiger partial charge < -0.3 is 4.84 Å². The van der Waals surface area contributed by atoms with E-state index in [1.54, 1.807) is 6.08 Å². The first-order chi connectivity index (χ1) is 8.15. The number of carbonyl (C=O) groups excluding carboxylic acids is 3. The van der Waals surface area contributed by atoms with Crippen LogP contribution in [0.5, 0.6) is 0 Å². The highest BCUT2D eigenvalue weighted by molar-refractivity contribution is 6.02. The van der Waals surface area contributed by atoms with Crippen LogP contribution < -0.4 is 0 Å². The Morgan fingerprint density at radius 3 is 2.53 bits per heavy atom. The zero-order valence-corrected chi connectivity index (χ0v) is 9.98. The van der Waals surface area contributed by atoms with E-state index in [1.807, 2.05) is 0 Å². The Labute approximate surface area is 100 Å². The van der Waals surface area contributed by atoms with Crippen molar-refractivity contribution in [2.75, 3.05) is 0 Å². The Bertz CT molecular complexity index is 319. The van der Waals surface area contributed by atoms with E-state index in [0.29, 0.717) is 5.06 Å². The molecule has 0 radical (unpaired) electrons. The summed E-state index contributed by atoms with van der Waals surface area (Å²) in [5.74, 6) is -1.59. The number of imide groups is 1. The summed E-state index contributed by atoms with van der Waals surface area (Å²) in [4.78, 5) is 38.2. The summed E-state index contributed by atoms with van der Waals surface area (Å²) in [6.07, 6.45) is 7.24. The van der Waals surface area contributed by atoms with Crippen LogP contribution in [0.1, 0.15) is 45.4 Å². The van der Waals surface area contributed by atoms with Crippen molar-refractivity contribution in [1.29, 1.82) is 0 Å². The number of hydrogen-bond donors (Lipinski definition) is 0. The van der Waals surface area contributed by atoms with Gasteiger partial charge in [-0.15, -0.1) is 5.06 Å². The molecule has 2 amide bonds. The van der Waals surface area contributed by atoms with E-state index >= 15 is 0 Å². The van der Waals surface area contributed by atoms with Crippen LogP contribution in [0.15, 0.2) is 12.2 Å². The number of hydrogen-bond acceptors (Lipinski definition) is 4. The second-order valence-electron chi connectivity index (χ2n) is 3.89. The third-order valence-electron chi connectivity index (χ3n) is 2.42. The lowest BCUT2D eigenvalue weighted by Crippen LogP contribution is -2.31. The highest BCUT2D eigenvalue weighted by atomic mass is 16.7. The van der Waals surface area contributed by atoms with Crippen LogP contribution in [0, 0.1) is 0 Å². The Hall–Kier alpha value is -1.65. The van der Waals surface area contributed by atoms with Crippen LogP contribution in [0.25, 0.3) is 0 Å². The normalized spacial score (nSPS) is 15.9. The van der Waals surface area contributed by atoms with E-state index < -0.39 is 17.8 Å². The molecule has 1 heterocycles. The molecule has 0 aromatic rings. The average Bonchev–Trinajstić information content (AvgIpc) is 2.60. The molecule has 0 saturated carbocycles. The van der Waals surface area contributed by atoms with Gasteiger partial charge in [-0.2, -0.15) is 0 Å². The number of carbonyl (C=O) groups is 3. The summed E-state index contributed by atoms with van der Waals surface area (Å²) in [5.41, 5.74) is 0. The molecule has 0 unspecified atom stereocenters. The SMILES string of the molecule is CCCCCC=CC(=O)ON1C(=O)CCC1=O. The minimum Gasteiger partial charge on any atom is -0.326 e. The molecule has 0 N–H and O–H groups in total. The maximum absolute atomic E-state index is 11.3. The Balaban J connectivity index is 2.29. The molecule has 0 aromatic heterocycles. The van der Waals surface area contributed by atoms with Gasteiger partial charge >= 0.3 is 5.97 Å². The van der Waals surface area contributed by atoms with Gasteiger partial charge in [-0.3, -0.25) is 9.59 Å². The molecule has 17 heavy (non-hydrogen) atoms. The number of allylic oxidation sites excluding steroid dienone is 1. The second kappa shape index (κ2) is 6.83. The highest BCUT2D eigenvalue weighted by Gasteiger charge is 2.32. The predicted octanol–water partition coefficient (Wildman–Crippen LogP) is 1.73. The van der Waals surface area contributed by atoms with Crippen LogP contribution in [-0.4, -0.2) is 22.8 Å². The van der Waals surface area contributed by atoms with Crippen LogP contribution >= 0.6 is 0 Å². The van der Waals surface area contributed by atoms with Crippen LogP contribution in [0.4, 0.5) is 0 Å². The average molecular weight is 239 g/mol. The third-order valence-corrected chi connectivity index (χ3v) is 2.42. The highest BCUT2D eigenvalue weighted by Crippen LogP contribution is 2.12. The zero-order valence-electron chi connectivity index (χ0n) is 9.98. The first-order valence-corrected chi connectivity index (χ1v) is 5.89. The summed E-state index contributed by atoms with van der Waals surface area (Å²) < 4.78 is 0. The van der Waals surface area contributed by atoms with Gasteiger partial charge in [0.2, 0.25) is 0 Å². The van der Waals surface area contributed by atoms with Gasteiger partial charge in [0, 0.05) is 18.9 Å². The maximum atomic E-state index is 11.3. The number of rotatable bonds is 6. The van der Waals surface area contributed by atoms with Gasteiger partial charge in [-0.25, -0.2) is 4.79 Å². The van der Waals surface area contributed by atoms with Gasteiger partial charge in [-0.05, 0) is 12.8 Å². The number of unbranched alkanes of at least 4 members (excludes halogenated alkanes) is 3. The lowest BCUT2D eigenvalue weighted by molar-refractivity contribution is -0.193. The first-order valence-electron chi connectivity index (χ1n) is 5.89. The van der Waals surface area contributed by atoms with Gasteiger partial charge in [0.25, 0.3) is 11.8 Å². The summed E-state index contributed by atoms with van der Waals surface area (Å²) in [7, 11) is 0. The number of amides is 2. The third kappa shape index (κ3) is 4.38. The monoisotopic (exact) mass is 239 g/mol. The van der Waals surface area contributed by atoms with Gasteiger partial charge in [0.05, 0.1) is 0 Å². The minimum atomic E-state index is -0.676. The van der Waals surface area contributed by atoms with Crippen molar-refractivity contribution in [2.24, 2.45) is 0 Å². The van der Waals surface area contributed by atoms with Crippen molar-refractivity contribution < 1.29 is 19.2 Å². The smallest absolute Gasteiger partial charge is 0.326 e. The summed E-state index contributed by atoms with van der Waals surface area (Å²) in [6, 6.07) is 0. The zero-order chi connectivity index (χ0) is 12.7. The summed E-state index contributed by atoms with van der Waals surface area (Å²) in [6.45, 7) is 2.10. The molecule has 1 fully saturated rings.